The molecular formula is C25H32N4O5. The van der Waals surface area contributed by atoms with Gasteiger partial charge >= 0.3 is 5.97 Å². The Kier molecular flexibility index (Phi) is 7.75. The number of hydrogen-bond donors (Lipinski definition) is 1. The van der Waals surface area contributed by atoms with Crippen LogP contribution >= 0.6 is 0 Å². The second-order valence-electron chi connectivity index (χ2n) is 8.44. The van der Waals surface area contributed by atoms with E-state index in [1.807, 2.05) is 52.0 Å². The third kappa shape index (κ3) is 5.13. The van der Waals surface area contributed by atoms with Crippen LogP contribution in [0.2, 0.25) is 0 Å². The fraction of sp³-hybridized carbons (Fsp3) is 0.440. The number of benzene rings is 1. The summed E-state index contributed by atoms with van der Waals surface area (Å²) in [4.78, 5) is 29.2. The van der Waals surface area contributed by atoms with Crippen molar-refractivity contribution in [2.75, 3.05) is 21.3 Å². The topological polar surface area (TPSA) is 104 Å². The van der Waals surface area contributed by atoms with Gasteiger partial charge in [-0.05, 0) is 43.9 Å². The van der Waals surface area contributed by atoms with E-state index in [2.05, 4.69) is 5.32 Å². The summed E-state index contributed by atoms with van der Waals surface area (Å²) in [6, 6.07) is 6.81. The Bertz CT molecular complexity index is 1200. The van der Waals surface area contributed by atoms with E-state index in [1.165, 1.54) is 7.11 Å². The molecular weight excluding hydrogens is 436 g/mol. The number of nitrogens with one attached hydrogen (secondary N) is 1. The zero-order chi connectivity index (χ0) is 25.0. The van der Waals surface area contributed by atoms with Crippen molar-refractivity contribution < 1.29 is 23.8 Å². The second-order valence-corrected chi connectivity index (χ2v) is 8.44. The highest BCUT2D eigenvalue weighted by molar-refractivity contribution is 5.84. The van der Waals surface area contributed by atoms with Crippen molar-refractivity contribution in [2.24, 2.45) is 5.92 Å². The number of aromatic nitrogens is 3. The number of hydrogen-bond acceptors (Lipinski definition) is 7. The molecule has 0 bridgehead atoms. The highest BCUT2D eigenvalue weighted by atomic mass is 16.5. The minimum atomic E-state index is -0.673. The van der Waals surface area contributed by atoms with Gasteiger partial charge in [0.15, 0.2) is 5.65 Å². The van der Waals surface area contributed by atoms with Gasteiger partial charge in [0.25, 0.3) is 0 Å². The van der Waals surface area contributed by atoms with E-state index in [0.29, 0.717) is 23.6 Å². The van der Waals surface area contributed by atoms with Gasteiger partial charge in [0.05, 0.1) is 27.0 Å². The van der Waals surface area contributed by atoms with Gasteiger partial charge in [0.1, 0.15) is 17.5 Å². The first kappa shape index (κ1) is 25.0. The molecule has 1 N–H and O–H groups in total. The summed E-state index contributed by atoms with van der Waals surface area (Å²) in [5, 5.41) is 7.53. The molecule has 0 fully saturated rings. The molecule has 34 heavy (non-hydrogen) atoms. The molecule has 0 aliphatic heterocycles. The van der Waals surface area contributed by atoms with Crippen molar-refractivity contribution >= 4 is 17.5 Å². The number of esters is 1. The van der Waals surface area contributed by atoms with E-state index >= 15 is 0 Å². The molecule has 1 aromatic carbocycles. The molecule has 0 radical (unpaired) electrons. The Morgan fingerprint density at radius 1 is 1.09 bits per heavy atom. The van der Waals surface area contributed by atoms with Crippen LogP contribution in [-0.2, 0) is 20.7 Å². The average Bonchev–Trinajstić information content (AvgIpc) is 3.25. The molecule has 0 saturated carbocycles. The molecule has 0 aliphatic rings. The number of fused-ring (bicyclic) bond motifs is 1. The first-order chi connectivity index (χ1) is 16.2. The zero-order valence-corrected chi connectivity index (χ0v) is 20.8. The summed E-state index contributed by atoms with van der Waals surface area (Å²) in [6.45, 7) is 7.61. The van der Waals surface area contributed by atoms with Crippen LogP contribution in [0.5, 0.6) is 11.5 Å². The maximum absolute atomic E-state index is 12.6. The van der Waals surface area contributed by atoms with E-state index in [9.17, 15) is 9.59 Å². The number of rotatable bonds is 9. The number of ether oxygens (including phenoxy) is 3. The lowest BCUT2D eigenvalue weighted by atomic mass is 10.0. The van der Waals surface area contributed by atoms with Crippen LogP contribution < -0.4 is 14.8 Å². The monoisotopic (exact) mass is 468 g/mol. The van der Waals surface area contributed by atoms with Crippen molar-refractivity contribution in [2.45, 2.75) is 46.6 Å². The van der Waals surface area contributed by atoms with Crippen molar-refractivity contribution in [1.82, 2.24) is 19.9 Å². The average molecular weight is 469 g/mol. The lowest BCUT2D eigenvalue weighted by Gasteiger charge is -2.20. The molecule has 0 unspecified atom stereocenters. The van der Waals surface area contributed by atoms with Crippen LogP contribution in [0.25, 0.3) is 16.9 Å². The van der Waals surface area contributed by atoms with E-state index in [0.717, 1.165) is 28.2 Å². The largest absolute Gasteiger partial charge is 0.497 e. The van der Waals surface area contributed by atoms with Crippen molar-refractivity contribution in [1.29, 1.82) is 0 Å². The van der Waals surface area contributed by atoms with Crippen molar-refractivity contribution in [3.63, 3.8) is 0 Å². The normalized spacial score (nSPS) is 12.0. The van der Waals surface area contributed by atoms with Crippen LogP contribution in [-0.4, -0.2) is 53.8 Å². The molecule has 182 valence electrons. The molecule has 0 aliphatic carbocycles. The Labute approximate surface area is 199 Å². The Morgan fingerprint density at radius 2 is 1.82 bits per heavy atom. The first-order valence-corrected chi connectivity index (χ1v) is 11.2. The number of carbonyl (C=O) groups is 2. The second kappa shape index (κ2) is 10.5. The summed E-state index contributed by atoms with van der Waals surface area (Å²) in [6.07, 6.45) is 0.689. The van der Waals surface area contributed by atoms with Crippen LogP contribution in [0.1, 0.15) is 37.2 Å². The fourth-order valence-corrected chi connectivity index (χ4v) is 3.94. The van der Waals surface area contributed by atoms with Crippen LogP contribution in [0, 0.1) is 19.8 Å². The summed E-state index contributed by atoms with van der Waals surface area (Å²) >= 11 is 0. The zero-order valence-electron chi connectivity index (χ0n) is 20.8. The number of aryl methyl sites for hydroxylation is 2. The highest BCUT2D eigenvalue weighted by Crippen LogP contribution is 2.33. The molecule has 0 spiro atoms. The molecule has 1 amide bonds. The third-order valence-corrected chi connectivity index (χ3v) is 5.89. The van der Waals surface area contributed by atoms with Gasteiger partial charge in [0.2, 0.25) is 5.91 Å². The first-order valence-electron chi connectivity index (χ1n) is 11.2. The molecule has 9 heteroatoms. The lowest BCUT2D eigenvalue weighted by molar-refractivity contribution is -0.146. The van der Waals surface area contributed by atoms with Gasteiger partial charge in [-0.1, -0.05) is 13.8 Å². The molecule has 3 rings (SSSR count). The van der Waals surface area contributed by atoms with Gasteiger partial charge in [0, 0.05) is 35.5 Å². The van der Waals surface area contributed by atoms with E-state index in [-0.39, 0.29) is 18.2 Å². The van der Waals surface area contributed by atoms with Gasteiger partial charge in [-0.25, -0.2) is 14.3 Å². The van der Waals surface area contributed by atoms with E-state index in [1.54, 1.807) is 18.7 Å². The van der Waals surface area contributed by atoms with Gasteiger partial charge in [-0.3, -0.25) is 4.79 Å². The van der Waals surface area contributed by atoms with Crippen molar-refractivity contribution in [3.8, 4) is 22.8 Å². The number of methoxy groups -OCH3 is 3. The summed E-state index contributed by atoms with van der Waals surface area (Å²) < 4.78 is 17.4. The van der Waals surface area contributed by atoms with Crippen LogP contribution in [0.4, 0.5) is 0 Å². The molecule has 2 heterocycles. The van der Waals surface area contributed by atoms with Crippen LogP contribution in [0.3, 0.4) is 0 Å². The quantitative estimate of drug-likeness (QED) is 0.481. The number of amides is 1. The van der Waals surface area contributed by atoms with Gasteiger partial charge < -0.3 is 19.5 Å². The molecule has 9 nitrogen and oxygen atoms in total. The molecule has 3 aromatic rings. The Balaban J connectivity index is 1.86. The standard InChI is InChI=1S/C25H32N4O5/c1-14(2)24(25(31)34-7)27-23(30)11-10-18-15(3)26-22-13-20(28-29(22)16(18)4)19-9-8-17(32-5)12-21(19)33-6/h8-9,12-14,24H,10-11H2,1-7H3,(H,27,30)/t24-/m0/s1. The minimum Gasteiger partial charge on any atom is -0.497 e. The van der Waals surface area contributed by atoms with E-state index in [4.69, 9.17) is 24.3 Å². The third-order valence-electron chi connectivity index (χ3n) is 5.89. The molecule has 0 saturated heterocycles. The smallest absolute Gasteiger partial charge is 0.328 e. The maximum atomic E-state index is 12.6. The Morgan fingerprint density at radius 3 is 2.44 bits per heavy atom. The molecule has 2 aromatic heterocycles. The fourth-order valence-electron chi connectivity index (χ4n) is 3.94. The number of nitrogens with zero attached hydrogens (tertiary/aromatic N) is 3. The predicted molar refractivity (Wildman–Crippen MR) is 128 cm³/mol. The van der Waals surface area contributed by atoms with Gasteiger partial charge in [-0.2, -0.15) is 5.10 Å². The van der Waals surface area contributed by atoms with Gasteiger partial charge in [-0.15, -0.1) is 0 Å². The SMILES string of the molecule is COC(=O)[C@@H](NC(=O)CCc1c(C)nc2cc(-c3ccc(OC)cc3OC)nn2c1C)C(C)C. The van der Waals surface area contributed by atoms with E-state index < -0.39 is 12.0 Å². The van der Waals surface area contributed by atoms with Crippen LogP contribution in [0.15, 0.2) is 24.3 Å². The summed E-state index contributed by atoms with van der Waals surface area (Å²) in [5.41, 5.74) is 4.94. The molecule has 1 atom stereocenters. The summed E-state index contributed by atoms with van der Waals surface area (Å²) in [7, 11) is 4.53. The number of carbonyl (C=O) groups excluding carboxylic acids is 2. The maximum Gasteiger partial charge on any atom is 0.328 e. The summed E-state index contributed by atoms with van der Waals surface area (Å²) in [5.74, 6) is 0.612. The highest BCUT2D eigenvalue weighted by Gasteiger charge is 2.25. The predicted octanol–water partition coefficient (Wildman–Crippen LogP) is 3.28. The Hall–Kier alpha value is -3.62. The minimum absolute atomic E-state index is 0.0738. The lowest BCUT2D eigenvalue weighted by Crippen LogP contribution is -2.45. The van der Waals surface area contributed by atoms with Crippen molar-refractivity contribution in [3.05, 3.63) is 41.2 Å².